The van der Waals surface area contributed by atoms with Crippen LogP contribution in [0.3, 0.4) is 0 Å². The molecule has 2 aromatic heterocycles. The van der Waals surface area contributed by atoms with Gasteiger partial charge < -0.3 is 19.6 Å². The minimum atomic E-state index is -0.128. The quantitative estimate of drug-likeness (QED) is 0.842. The molecule has 1 N–H and O–H groups in total. The number of pyridine rings is 1. The Morgan fingerprint density at radius 3 is 2.62 bits per heavy atom. The van der Waals surface area contributed by atoms with Gasteiger partial charge >= 0.3 is 6.03 Å². The summed E-state index contributed by atoms with van der Waals surface area (Å²) >= 11 is 0. The zero-order valence-electron chi connectivity index (χ0n) is 14.7. The highest BCUT2D eigenvalue weighted by atomic mass is 16.5. The number of carbonyl (C=O) groups excluding carboxylic acids is 1. The van der Waals surface area contributed by atoms with Crippen molar-refractivity contribution in [3.63, 3.8) is 0 Å². The third-order valence-electron chi connectivity index (χ3n) is 3.97. The van der Waals surface area contributed by atoms with Gasteiger partial charge in [-0.15, -0.1) is 0 Å². The molecule has 2 amide bonds. The van der Waals surface area contributed by atoms with Gasteiger partial charge in [0.15, 0.2) is 5.76 Å². The standard InChI is InChI=1S/C17H25N5O2/c1-5-14(21(2)3)11-19-17(23)22(4)12-15-10-16(20-24-15)13-6-8-18-9-7-13/h6-10,14H,5,11-12H2,1-4H3,(H,19,23)/t14-/m1/s1. The van der Waals surface area contributed by atoms with Gasteiger partial charge in [0.25, 0.3) is 0 Å². The van der Waals surface area contributed by atoms with Crippen molar-refractivity contribution in [3.8, 4) is 11.3 Å². The first kappa shape index (κ1) is 17.9. The predicted octanol–water partition coefficient (Wildman–Crippen LogP) is 2.22. The molecule has 130 valence electrons. The molecule has 0 aromatic carbocycles. The summed E-state index contributed by atoms with van der Waals surface area (Å²) in [6, 6.07) is 5.77. The fraction of sp³-hybridized carbons (Fsp3) is 0.471. The second-order valence-electron chi connectivity index (χ2n) is 5.98. The number of carbonyl (C=O) groups is 1. The van der Waals surface area contributed by atoms with Crippen LogP contribution >= 0.6 is 0 Å². The topological polar surface area (TPSA) is 74.5 Å². The molecule has 7 heteroatoms. The minimum Gasteiger partial charge on any atom is -0.359 e. The molecule has 0 bridgehead atoms. The Labute approximate surface area is 142 Å². The first-order valence-corrected chi connectivity index (χ1v) is 8.02. The van der Waals surface area contributed by atoms with Crippen LogP contribution in [-0.2, 0) is 6.54 Å². The molecule has 0 saturated heterocycles. The van der Waals surface area contributed by atoms with Crippen molar-refractivity contribution in [1.29, 1.82) is 0 Å². The Morgan fingerprint density at radius 2 is 2.00 bits per heavy atom. The number of nitrogens with one attached hydrogen (secondary N) is 1. The molecule has 0 radical (unpaired) electrons. The second kappa shape index (κ2) is 8.44. The van der Waals surface area contributed by atoms with E-state index in [2.05, 4.69) is 27.3 Å². The van der Waals surface area contributed by atoms with Crippen LogP contribution in [0, 0.1) is 0 Å². The Morgan fingerprint density at radius 1 is 1.29 bits per heavy atom. The third-order valence-corrected chi connectivity index (χ3v) is 3.97. The summed E-state index contributed by atoms with van der Waals surface area (Å²) in [5.74, 6) is 0.638. The average Bonchev–Trinajstić information content (AvgIpc) is 3.04. The fourth-order valence-electron chi connectivity index (χ4n) is 2.38. The lowest BCUT2D eigenvalue weighted by molar-refractivity contribution is 0.194. The summed E-state index contributed by atoms with van der Waals surface area (Å²) in [7, 11) is 5.76. The van der Waals surface area contributed by atoms with Gasteiger partial charge in [-0.1, -0.05) is 12.1 Å². The maximum absolute atomic E-state index is 12.2. The third kappa shape index (κ3) is 4.79. The number of hydrogen-bond acceptors (Lipinski definition) is 5. The van der Waals surface area contributed by atoms with Crippen LogP contribution < -0.4 is 5.32 Å². The van der Waals surface area contributed by atoms with Crippen LogP contribution in [-0.4, -0.2) is 59.7 Å². The van der Waals surface area contributed by atoms with Gasteiger partial charge in [0.2, 0.25) is 0 Å². The summed E-state index contributed by atoms with van der Waals surface area (Å²) in [5.41, 5.74) is 1.67. The Hall–Kier alpha value is -2.41. The van der Waals surface area contributed by atoms with Gasteiger partial charge in [-0.25, -0.2) is 4.79 Å². The van der Waals surface area contributed by atoms with Gasteiger partial charge in [-0.05, 0) is 32.6 Å². The van der Waals surface area contributed by atoms with Crippen molar-refractivity contribution in [2.75, 3.05) is 27.7 Å². The highest BCUT2D eigenvalue weighted by Gasteiger charge is 2.15. The lowest BCUT2D eigenvalue weighted by Gasteiger charge is -2.24. The van der Waals surface area contributed by atoms with E-state index in [0.717, 1.165) is 17.7 Å². The summed E-state index contributed by atoms with van der Waals surface area (Å²) < 4.78 is 5.32. The van der Waals surface area contributed by atoms with E-state index in [9.17, 15) is 4.79 Å². The largest absolute Gasteiger partial charge is 0.359 e. The Balaban J connectivity index is 1.89. The van der Waals surface area contributed by atoms with Crippen molar-refractivity contribution in [3.05, 3.63) is 36.4 Å². The molecule has 1 atom stereocenters. The van der Waals surface area contributed by atoms with Crippen LogP contribution in [0.1, 0.15) is 19.1 Å². The van der Waals surface area contributed by atoms with Gasteiger partial charge in [0.1, 0.15) is 5.69 Å². The summed E-state index contributed by atoms with van der Waals surface area (Å²) in [5, 5.41) is 6.99. The van der Waals surface area contributed by atoms with Gasteiger partial charge in [0, 0.05) is 43.7 Å². The molecule has 2 heterocycles. The molecule has 0 fully saturated rings. The van der Waals surface area contributed by atoms with Crippen molar-refractivity contribution in [2.45, 2.75) is 25.9 Å². The lowest BCUT2D eigenvalue weighted by atomic mass is 10.2. The van der Waals surface area contributed by atoms with Crippen molar-refractivity contribution >= 4 is 6.03 Å². The van der Waals surface area contributed by atoms with Crippen LogP contribution in [0.5, 0.6) is 0 Å². The molecule has 2 aromatic rings. The summed E-state index contributed by atoms with van der Waals surface area (Å²) in [6.07, 6.45) is 4.39. The maximum Gasteiger partial charge on any atom is 0.317 e. The average molecular weight is 331 g/mol. The van der Waals surface area contributed by atoms with E-state index >= 15 is 0 Å². The van der Waals surface area contributed by atoms with E-state index in [1.807, 2.05) is 32.3 Å². The van der Waals surface area contributed by atoms with Crippen molar-refractivity contribution in [1.82, 2.24) is 25.3 Å². The molecule has 0 unspecified atom stereocenters. The molecule has 24 heavy (non-hydrogen) atoms. The second-order valence-corrected chi connectivity index (χ2v) is 5.98. The van der Waals surface area contributed by atoms with Gasteiger partial charge in [0.05, 0.1) is 6.54 Å². The number of hydrogen-bond donors (Lipinski definition) is 1. The first-order valence-electron chi connectivity index (χ1n) is 8.02. The number of likely N-dealkylation sites (N-methyl/N-ethyl adjacent to an activating group) is 1. The summed E-state index contributed by atoms with van der Waals surface area (Å²) in [6.45, 7) is 3.09. The molecule has 0 aliphatic heterocycles. The van der Waals surface area contributed by atoms with Crippen LogP contribution in [0.15, 0.2) is 35.1 Å². The molecule has 0 saturated carbocycles. The fourth-order valence-corrected chi connectivity index (χ4v) is 2.38. The normalized spacial score (nSPS) is 12.2. The van der Waals surface area contributed by atoms with E-state index in [1.165, 1.54) is 0 Å². The van der Waals surface area contributed by atoms with Crippen LogP contribution in [0.4, 0.5) is 4.79 Å². The SMILES string of the molecule is CC[C@H](CNC(=O)N(C)Cc1cc(-c2ccncc2)no1)N(C)C. The first-order chi connectivity index (χ1) is 11.5. The number of aromatic nitrogens is 2. The van der Waals surface area contributed by atoms with Crippen molar-refractivity contribution in [2.24, 2.45) is 0 Å². The van der Waals surface area contributed by atoms with E-state index in [1.54, 1.807) is 24.3 Å². The van der Waals surface area contributed by atoms with Gasteiger partial charge in [-0.2, -0.15) is 0 Å². The smallest absolute Gasteiger partial charge is 0.317 e. The number of amides is 2. The molecule has 0 aliphatic rings. The Bertz CT molecular complexity index is 641. The van der Waals surface area contributed by atoms with E-state index in [-0.39, 0.29) is 6.03 Å². The minimum absolute atomic E-state index is 0.128. The molecule has 7 nitrogen and oxygen atoms in total. The zero-order chi connectivity index (χ0) is 17.5. The molecule has 0 spiro atoms. The van der Waals surface area contributed by atoms with Crippen LogP contribution in [0.25, 0.3) is 11.3 Å². The van der Waals surface area contributed by atoms with E-state index in [4.69, 9.17) is 4.52 Å². The number of rotatable bonds is 7. The highest BCUT2D eigenvalue weighted by Crippen LogP contribution is 2.18. The van der Waals surface area contributed by atoms with Gasteiger partial charge in [-0.3, -0.25) is 4.98 Å². The monoisotopic (exact) mass is 331 g/mol. The zero-order valence-corrected chi connectivity index (χ0v) is 14.7. The lowest BCUT2D eigenvalue weighted by Crippen LogP contribution is -2.44. The molecule has 0 aliphatic carbocycles. The van der Waals surface area contributed by atoms with E-state index < -0.39 is 0 Å². The Kier molecular flexibility index (Phi) is 6.31. The van der Waals surface area contributed by atoms with Crippen LogP contribution in [0.2, 0.25) is 0 Å². The maximum atomic E-state index is 12.2. The number of urea groups is 1. The van der Waals surface area contributed by atoms with Crippen molar-refractivity contribution < 1.29 is 9.32 Å². The molecular formula is C17H25N5O2. The molecular weight excluding hydrogens is 306 g/mol. The molecule has 2 rings (SSSR count). The number of nitrogens with zero attached hydrogens (tertiary/aromatic N) is 4. The highest BCUT2D eigenvalue weighted by molar-refractivity contribution is 5.73. The predicted molar refractivity (Wildman–Crippen MR) is 92.4 cm³/mol. The summed E-state index contributed by atoms with van der Waals surface area (Å²) in [4.78, 5) is 19.9. The van der Waals surface area contributed by atoms with E-state index in [0.29, 0.717) is 24.9 Å².